The van der Waals surface area contributed by atoms with Gasteiger partial charge in [-0.25, -0.2) is 0 Å². The second-order valence-electron chi connectivity index (χ2n) is 12.6. The van der Waals surface area contributed by atoms with Crippen molar-refractivity contribution in [3.63, 3.8) is 0 Å². The third-order valence-electron chi connectivity index (χ3n) is 9.97. The molecule has 0 aliphatic heterocycles. The predicted molar refractivity (Wildman–Crippen MR) is 209 cm³/mol. The molecule has 9 aromatic rings. The van der Waals surface area contributed by atoms with Gasteiger partial charge in [0, 0.05) is 27.2 Å². The van der Waals surface area contributed by atoms with Crippen molar-refractivity contribution in [1.82, 2.24) is 4.98 Å². The van der Waals surface area contributed by atoms with Crippen molar-refractivity contribution >= 4 is 31.5 Å². The maximum atomic E-state index is 5.01. The van der Waals surface area contributed by atoms with Crippen LogP contribution in [0.25, 0.3) is 98.2 Å². The summed E-state index contributed by atoms with van der Waals surface area (Å²) < 4.78 is 2.51. The van der Waals surface area contributed by atoms with Crippen molar-refractivity contribution < 1.29 is 0 Å². The molecule has 228 valence electrons. The highest BCUT2D eigenvalue weighted by atomic mass is 32.1. The van der Waals surface area contributed by atoms with Crippen LogP contribution >= 0.6 is 11.3 Å². The molecule has 0 radical (unpaired) electrons. The Kier molecular flexibility index (Phi) is 6.43. The Labute approximate surface area is 289 Å². The Balaban J connectivity index is 1.19. The average molecular weight is 640 g/mol. The number of aromatic nitrogens is 1. The number of pyridine rings is 1. The van der Waals surface area contributed by atoms with Gasteiger partial charge in [-0.05, 0) is 85.0 Å². The Bertz CT molecular complexity index is 2730. The minimum Gasteiger partial charge on any atom is -0.255 e. The van der Waals surface area contributed by atoms with E-state index in [1.807, 2.05) is 17.5 Å². The molecule has 49 heavy (non-hydrogen) atoms. The van der Waals surface area contributed by atoms with Gasteiger partial charge >= 0.3 is 0 Å². The van der Waals surface area contributed by atoms with Crippen molar-refractivity contribution in [3.05, 3.63) is 176 Å². The van der Waals surface area contributed by atoms with E-state index in [1.54, 1.807) is 0 Å². The summed E-state index contributed by atoms with van der Waals surface area (Å²) in [6.07, 6.45) is 1.96. The molecule has 7 aromatic carbocycles. The van der Waals surface area contributed by atoms with E-state index in [0.717, 1.165) is 11.3 Å². The molecule has 2 heterocycles. The summed E-state index contributed by atoms with van der Waals surface area (Å²) in [5, 5.41) is 2.55. The normalized spacial score (nSPS) is 11.7. The van der Waals surface area contributed by atoms with Crippen LogP contribution in [0.5, 0.6) is 0 Å². The first-order chi connectivity index (χ1) is 24.3. The highest BCUT2D eigenvalue weighted by molar-refractivity contribution is 7.26. The third-order valence-corrected chi connectivity index (χ3v) is 11.2. The lowest BCUT2D eigenvalue weighted by molar-refractivity contribution is 1.37. The minimum absolute atomic E-state index is 1.03. The Morgan fingerprint density at radius 2 is 0.755 bits per heavy atom. The van der Waals surface area contributed by atoms with E-state index in [1.165, 1.54) is 86.9 Å². The highest BCUT2D eigenvalue weighted by Gasteiger charge is 2.23. The molecule has 0 fully saturated rings. The predicted octanol–water partition coefficient (Wildman–Crippen LogP) is 13.4. The molecule has 0 N–H and O–H groups in total. The van der Waals surface area contributed by atoms with Crippen molar-refractivity contribution in [3.8, 4) is 78.0 Å². The molecular weight excluding hydrogens is 611 g/mol. The number of thiophene rings is 1. The van der Waals surface area contributed by atoms with Crippen LogP contribution in [-0.2, 0) is 0 Å². The fourth-order valence-electron chi connectivity index (χ4n) is 7.77. The zero-order valence-electron chi connectivity index (χ0n) is 26.6. The maximum absolute atomic E-state index is 5.01. The number of benzene rings is 7. The van der Waals surface area contributed by atoms with Crippen LogP contribution in [-0.4, -0.2) is 4.98 Å². The number of hydrogen-bond acceptors (Lipinski definition) is 2. The van der Waals surface area contributed by atoms with Crippen LogP contribution in [0.2, 0.25) is 0 Å². The van der Waals surface area contributed by atoms with Gasteiger partial charge in [0.15, 0.2) is 0 Å². The lowest BCUT2D eigenvalue weighted by Crippen LogP contribution is -1.97. The first-order valence-electron chi connectivity index (χ1n) is 16.7. The van der Waals surface area contributed by atoms with E-state index < -0.39 is 0 Å². The van der Waals surface area contributed by atoms with E-state index in [0.29, 0.717) is 0 Å². The van der Waals surface area contributed by atoms with Crippen LogP contribution < -0.4 is 0 Å². The molecule has 1 aliphatic carbocycles. The molecule has 0 saturated carbocycles. The first kappa shape index (κ1) is 28.0. The van der Waals surface area contributed by atoms with E-state index in [-0.39, 0.29) is 0 Å². The van der Waals surface area contributed by atoms with Gasteiger partial charge < -0.3 is 0 Å². The first-order valence-corrected chi connectivity index (χ1v) is 17.5. The molecule has 0 bridgehead atoms. The molecule has 0 amide bonds. The molecule has 10 rings (SSSR count). The summed E-state index contributed by atoms with van der Waals surface area (Å²) >= 11 is 1.83. The third kappa shape index (κ3) is 4.42. The van der Waals surface area contributed by atoms with Gasteiger partial charge in [-0.2, -0.15) is 0 Å². The standard InChI is InChI=1S/C47H29NS/c1-2-14-32(38-20-9-10-23-42(38)46-47-43(27-28-48-46)41-22-11-12-24-45(41)49-47)31(13-1)30-25-26-40-37-19-6-5-17-35(37)33-15-3-4-16-34(33)36-18-7-8-21-39(36)44(40)29-30/h1-29H. The lowest BCUT2D eigenvalue weighted by Gasteiger charge is -2.24. The second kappa shape index (κ2) is 11.3. The fraction of sp³-hybridized carbons (Fsp3) is 0. The highest BCUT2D eigenvalue weighted by Crippen LogP contribution is 2.49. The number of nitrogens with zero attached hydrogens (tertiary/aromatic N) is 1. The smallest absolute Gasteiger partial charge is 0.0886 e. The van der Waals surface area contributed by atoms with E-state index in [9.17, 15) is 0 Å². The van der Waals surface area contributed by atoms with Crippen LogP contribution in [0, 0.1) is 0 Å². The fourth-order valence-corrected chi connectivity index (χ4v) is 8.97. The molecule has 0 atom stereocenters. The Morgan fingerprint density at radius 3 is 1.35 bits per heavy atom. The summed E-state index contributed by atoms with van der Waals surface area (Å²) in [6, 6.07) is 62.0. The van der Waals surface area contributed by atoms with Gasteiger partial charge in [0.2, 0.25) is 0 Å². The van der Waals surface area contributed by atoms with Gasteiger partial charge in [0.1, 0.15) is 0 Å². The van der Waals surface area contributed by atoms with Crippen molar-refractivity contribution in [2.45, 2.75) is 0 Å². The number of hydrogen-bond donors (Lipinski definition) is 0. The second-order valence-corrected chi connectivity index (χ2v) is 13.7. The van der Waals surface area contributed by atoms with Gasteiger partial charge in [-0.1, -0.05) is 152 Å². The largest absolute Gasteiger partial charge is 0.255 e. The molecule has 2 heteroatoms. The van der Waals surface area contributed by atoms with Gasteiger partial charge in [0.25, 0.3) is 0 Å². The lowest BCUT2D eigenvalue weighted by atomic mass is 9.80. The topological polar surface area (TPSA) is 12.9 Å². The molecule has 1 nitrogen and oxygen atoms in total. The van der Waals surface area contributed by atoms with E-state index in [2.05, 4.69) is 170 Å². The van der Waals surface area contributed by atoms with Crippen LogP contribution in [0.3, 0.4) is 0 Å². The molecule has 1 aliphatic rings. The van der Waals surface area contributed by atoms with Gasteiger partial charge in [-0.15, -0.1) is 11.3 Å². The molecule has 0 saturated heterocycles. The van der Waals surface area contributed by atoms with Crippen molar-refractivity contribution in [2.75, 3.05) is 0 Å². The monoisotopic (exact) mass is 639 g/mol. The number of fused-ring (bicyclic) bond motifs is 11. The van der Waals surface area contributed by atoms with Crippen LogP contribution in [0.15, 0.2) is 176 Å². The summed E-state index contributed by atoms with van der Waals surface area (Å²) in [6.45, 7) is 0. The molecule has 0 spiro atoms. The average Bonchev–Trinajstić information content (AvgIpc) is 3.56. The van der Waals surface area contributed by atoms with Gasteiger partial charge in [-0.3, -0.25) is 4.98 Å². The summed E-state index contributed by atoms with van der Waals surface area (Å²) in [7, 11) is 0. The molecule has 0 unspecified atom stereocenters. The van der Waals surface area contributed by atoms with Crippen LogP contribution in [0.1, 0.15) is 0 Å². The number of rotatable bonds is 3. The van der Waals surface area contributed by atoms with Gasteiger partial charge in [0.05, 0.1) is 10.4 Å². The Hall–Kier alpha value is -6.09. The van der Waals surface area contributed by atoms with Crippen LogP contribution in [0.4, 0.5) is 0 Å². The Morgan fingerprint density at radius 1 is 0.327 bits per heavy atom. The molecule has 2 aromatic heterocycles. The zero-order chi connectivity index (χ0) is 32.3. The van der Waals surface area contributed by atoms with Crippen molar-refractivity contribution in [2.24, 2.45) is 0 Å². The summed E-state index contributed by atoms with van der Waals surface area (Å²) in [5.74, 6) is 0. The summed E-state index contributed by atoms with van der Waals surface area (Å²) in [4.78, 5) is 5.01. The minimum atomic E-state index is 1.03. The van der Waals surface area contributed by atoms with E-state index in [4.69, 9.17) is 4.98 Å². The zero-order valence-corrected chi connectivity index (χ0v) is 27.4. The molecular formula is C47H29NS. The summed E-state index contributed by atoms with van der Waals surface area (Å²) in [5.41, 5.74) is 17.0. The quantitative estimate of drug-likeness (QED) is 0.187. The maximum Gasteiger partial charge on any atom is 0.0886 e. The van der Waals surface area contributed by atoms with E-state index >= 15 is 0 Å². The van der Waals surface area contributed by atoms with Crippen molar-refractivity contribution in [1.29, 1.82) is 0 Å². The SMILES string of the molecule is c1ccc(-c2ccccc2-c2nccc3c2sc2ccccc23)c(-c2ccc3c(c2)-c2ccccc2-c2ccccc2-c2ccccc2-3)c1.